The van der Waals surface area contributed by atoms with Gasteiger partial charge in [-0.1, -0.05) is 23.7 Å². The molecular weight excluding hydrogens is 520 g/mol. The lowest BCUT2D eigenvalue weighted by Crippen LogP contribution is -2.29. The molecule has 0 bridgehead atoms. The summed E-state index contributed by atoms with van der Waals surface area (Å²) in [5.74, 6) is 0.215. The second-order valence-electron chi connectivity index (χ2n) is 9.02. The van der Waals surface area contributed by atoms with E-state index < -0.39 is 0 Å². The van der Waals surface area contributed by atoms with E-state index in [-0.39, 0.29) is 18.1 Å². The number of ether oxygens (including phenoxy) is 2. The van der Waals surface area contributed by atoms with Crippen LogP contribution < -0.4 is 15.0 Å². The molecule has 1 aliphatic heterocycles. The number of hydrogen-bond donors (Lipinski definition) is 1. The number of methoxy groups -OCH3 is 2. The Bertz CT molecular complexity index is 1520. The third-order valence-corrected chi connectivity index (χ3v) is 7.44. The molecule has 7 nitrogen and oxygen atoms in total. The average Bonchev–Trinajstić information content (AvgIpc) is 3.43. The largest absolute Gasteiger partial charge is 0.495 e. The average molecular weight is 547 g/mol. The summed E-state index contributed by atoms with van der Waals surface area (Å²) in [5.41, 5.74) is 6.19. The third kappa shape index (κ3) is 4.50. The summed E-state index contributed by atoms with van der Waals surface area (Å²) in [6.45, 7) is 4.12. The molecule has 0 amide bonds. The number of carbonyl (C=O) groups excluding carboxylic acids is 1. The van der Waals surface area contributed by atoms with Crippen molar-refractivity contribution in [1.29, 1.82) is 0 Å². The quantitative estimate of drug-likeness (QED) is 0.231. The van der Waals surface area contributed by atoms with E-state index in [0.29, 0.717) is 21.4 Å². The van der Waals surface area contributed by atoms with Crippen LogP contribution in [0, 0.1) is 13.8 Å². The van der Waals surface area contributed by atoms with Crippen molar-refractivity contribution in [1.82, 2.24) is 14.9 Å². The summed E-state index contributed by atoms with van der Waals surface area (Å²) < 4.78 is 12.4. The number of thiocarbonyl (C=S) groups is 1. The highest BCUT2D eigenvalue weighted by Crippen LogP contribution is 2.45. The van der Waals surface area contributed by atoms with Crippen molar-refractivity contribution < 1.29 is 14.3 Å². The number of esters is 1. The maximum absolute atomic E-state index is 12.2. The van der Waals surface area contributed by atoms with E-state index in [4.69, 9.17) is 33.3 Å². The van der Waals surface area contributed by atoms with Gasteiger partial charge in [0, 0.05) is 29.0 Å². The minimum atomic E-state index is -0.377. The van der Waals surface area contributed by atoms with E-state index in [1.807, 2.05) is 61.5 Å². The molecule has 4 aromatic rings. The summed E-state index contributed by atoms with van der Waals surface area (Å²) in [5, 5.41) is 4.56. The Balaban J connectivity index is 1.66. The zero-order chi connectivity index (χ0) is 27.0. The molecule has 9 heteroatoms. The SMILES string of the molecule is COC(=O)c1cccc(-n2c(C)cc([C@H]3[C@H](c4ccccn4)NC(=S)N3c3ccc(OC)c(Cl)c3)c2C)c1. The Morgan fingerprint density at radius 2 is 1.84 bits per heavy atom. The lowest BCUT2D eigenvalue weighted by Gasteiger charge is -2.28. The highest BCUT2D eigenvalue weighted by Gasteiger charge is 2.42. The van der Waals surface area contributed by atoms with Crippen molar-refractivity contribution in [2.45, 2.75) is 25.9 Å². The molecule has 1 saturated heterocycles. The van der Waals surface area contributed by atoms with Crippen LogP contribution in [0.1, 0.15) is 45.1 Å². The van der Waals surface area contributed by atoms with E-state index in [1.54, 1.807) is 19.4 Å². The van der Waals surface area contributed by atoms with Gasteiger partial charge in [-0.2, -0.15) is 0 Å². The number of aromatic nitrogens is 2. The maximum atomic E-state index is 12.2. The van der Waals surface area contributed by atoms with Gasteiger partial charge in [-0.3, -0.25) is 4.98 Å². The van der Waals surface area contributed by atoms with Gasteiger partial charge in [0.2, 0.25) is 0 Å². The molecule has 5 rings (SSSR count). The van der Waals surface area contributed by atoms with Crippen molar-refractivity contribution >= 4 is 40.6 Å². The summed E-state index contributed by atoms with van der Waals surface area (Å²) in [6, 6.07) is 20.7. The summed E-state index contributed by atoms with van der Waals surface area (Å²) in [7, 11) is 2.97. The van der Waals surface area contributed by atoms with E-state index in [9.17, 15) is 4.79 Å². The van der Waals surface area contributed by atoms with Gasteiger partial charge in [0.1, 0.15) is 5.75 Å². The van der Waals surface area contributed by atoms with E-state index in [0.717, 1.165) is 34.0 Å². The van der Waals surface area contributed by atoms with Crippen LogP contribution in [0.3, 0.4) is 0 Å². The number of nitrogens with zero attached hydrogens (tertiary/aromatic N) is 3. The minimum Gasteiger partial charge on any atom is -0.495 e. The van der Waals surface area contributed by atoms with Crippen LogP contribution in [-0.2, 0) is 4.74 Å². The van der Waals surface area contributed by atoms with Crippen LogP contribution in [0.25, 0.3) is 5.69 Å². The smallest absolute Gasteiger partial charge is 0.337 e. The molecule has 2 aromatic carbocycles. The van der Waals surface area contributed by atoms with Gasteiger partial charge in [-0.25, -0.2) is 4.79 Å². The van der Waals surface area contributed by atoms with Gasteiger partial charge in [0.15, 0.2) is 5.11 Å². The first kappa shape index (κ1) is 25.8. The van der Waals surface area contributed by atoms with Crippen LogP contribution in [0.5, 0.6) is 5.75 Å². The molecule has 2 atom stereocenters. The lowest BCUT2D eigenvalue weighted by atomic mass is 9.96. The minimum absolute atomic E-state index is 0.208. The van der Waals surface area contributed by atoms with Gasteiger partial charge < -0.3 is 24.3 Å². The molecule has 1 fully saturated rings. The standard InChI is InChI=1S/C29H27ClN4O3S/c1-17-14-22(18(2)33(17)20-9-7-8-19(15-20)28(35)37-4)27-26(24-10-5-6-13-31-24)32-29(38)34(27)21-11-12-25(36-3)23(30)16-21/h5-16,26-27H,1-4H3,(H,32,38)/t26-,27-/m0/s1. The predicted molar refractivity (Wildman–Crippen MR) is 153 cm³/mol. The van der Waals surface area contributed by atoms with Crippen LogP contribution >= 0.6 is 23.8 Å². The zero-order valence-electron chi connectivity index (χ0n) is 21.4. The topological polar surface area (TPSA) is 68.6 Å². The Morgan fingerprint density at radius 1 is 1.03 bits per heavy atom. The van der Waals surface area contributed by atoms with Crippen molar-refractivity contribution in [3.8, 4) is 11.4 Å². The zero-order valence-corrected chi connectivity index (χ0v) is 23.0. The number of halogens is 1. The first-order valence-corrected chi connectivity index (χ1v) is 12.8. The summed E-state index contributed by atoms with van der Waals surface area (Å²) in [6.07, 6.45) is 1.78. The van der Waals surface area contributed by atoms with Crippen LogP contribution in [0.2, 0.25) is 5.02 Å². The molecule has 1 N–H and O–H groups in total. The molecule has 2 aromatic heterocycles. The number of nitrogens with one attached hydrogen (secondary N) is 1. The Hall–Kier alpha value is -3.88. The summed E-state index contributed by atoms with van der Waals surface area (Å²) in [4.78, 5) is 18.9. The molecular formula is C29H27ClN4O3S. The van der Waals surface area contributed by atoms with E-state index in [2.05, 4.69) is 32.8 Å². The van der Waals surface area contributed by atoms with Crippen LogP contribution in [-0.4, -0.2) is 34.9 Å². The first-order valence-electron chi connectivity index (χ1n) is 12.1. The number of rotatable bonds is 6. The molecule has 0 saturated carbocycles. The Labute approximate surface area is 232 Å². The van der Waals surface area contributed by atoms with Gasteiger partial charge in [0.25, 0.3) is 0 Å². The second-order valence-corrected chi connectivity index (χ2v) is 9.81. The number of pyridine rings is 1. The predicted octanol–water partition coefficient (Wildman–Crippen LogP) is 6.11. The molecule has 0 spiro atoms. The van der Waals surface area contributed by atoms with E-state index >= 15 is 0 Å². The van der Waals surface area contributed by atoms with Crippen molar-refractivity contribution in [2.75, 3.05) is 19.1 Å². The highest BCUT2D eigenvalue weighted by atomic mass is 35.5. The van der Waals surface area contributed by atoms with Crippen molar-refractivity contribution in [3.63, 3.8) is 0 Å². The van der Waals surface area contributed by atoms with Crippen molar-refractivity contribution in [2.24, 2.45) is 0 Å². The Morgan fingerprint density at radius 3 is 2.53 bits per heavy atom. The molecule has 38 heavy (non-hydrogen) atoms. The number of hydrogen-bond acceptors (Lipinski definition) is 5. The fraction of sp³-hybridized carbons (Fsp3) is 0.207. The van der Waals surface area contributed by atoms with Gasteiger partial charge >= 0.3 is 5.97 Å². The molecule has 0 unspecified atom stereocenters. The fourth-order valence-corrected chi connectivity index (χ4v) is 5.73. The van der Waals surface area contributed by atoms with Gasteiger partial charge in [-0.15, -0.1) is 0 Å². The normalized spacial score (nSPS) is 16.9. The first-order chi connectivity index (χ1) is 18.3. The molecule has 3 heterocycles. The number of carbonyl (C=O) groups is 1. The molecule has 0 radical (unpaired) electrons. The van der Waals surface area contributed by atoms with Crippen molar-refractivity contribution in [3.05, 3.63) is 106 Å². The van der Waals surface area contributed by atoms with Gasteiger partial charge in [0.05, 0.1) is 42.6 Å². The summed E-state index contributed by atoms with van der Waals surface area (Å²) >= 11 is 12.4. The Kier molecular flexibility index (Phi) is 7.10. The molecule has 194 valence electrons. The van der Waals surface area contributed by atoms with Crippen LogP contribution in [0.4, 0.5) is 5.69 Å². The second kappa shape index (κ2) is 10.5. The monoisotopic (exact) mass is 546 g/mol. The molecule has 1 aliphatic rings. The fourth-order valence-electron chi connectivity index (χ4n) is 5.13. The van der Waals surface area contributed by atoms with Crippen LogP contribution in [0.15, 0.2) is 72.9 Å². The number of benzene rings is 2. The highest BCUT2D eigenvalue weighted by molar-refractivity contribution is 7.80. The third-order valence-electron chi connectivity index (χ3n) is 6.83. The van der Waals surface area contributed by atoms with E-state index in [1.165, 1.54) is 7.11 Å². The lowest BCUT2D eigenvalue weighted by molar-refractivity contribution is 0.0600. The number of aryl methyl sites for hydroxylation is 1. The van der Waals surface area contributed by atoms with Gasteiger partial charge in [-0.05, 0) is 86.2 Å². The number of anilines is 1. The maximum Gasteiger partial charge on any atom is 0.337 e. The molecule has 0 aliphatic carbocycles.